The van der Waals surface area contributed by atoms with Crippen molar-refractivity contribution in [3.05, 3.63) is 57.5 Å². The molecule has 0 radical (unpaired) electrons. The summed E-state index contributed by atoms with van der Waals surface area (Å²) < 4.78 is 27.1. The fourth-order valence-electron chi connectivity index (χ4n) is 2.26. The van der Waals surface area contributed by atoms with Crippen LogP contribution in [0.4, 0.5) is 5.69 Å². The van der Waals surface area contributed by atoms with E-state index in [2.05, 4.69) is 5.32 Å². The van der Waals surface area contributed by atoms with Crippen LogP contribution in [0.1, 0.15) is 23.7 Å². The van der Waals surface area contributed by atoms with E-state index < -0.39 is 15.9 Å². The number of hydrogen-bond acceptors (Lipinski definition) is 4. The third kappa shape index (κ3) is 4.32. The molecular formula is C17H20ClN3O4S. The fraction of sp³-hybridized carbons (Fsp3) is 0.294. The van der Waals surface area contributed by atoms with Gasteiger partial charge in [-0.3, -0.25) is 9.59 Å². The largest absolute Gasteiger partial charge is 0.321 e. The van der Waals surface area contributed by atoms with Gasteiger partial charge in [-0.2, -0.15) is 0 Å². The van der Waals surface area contributed by atoms with Crippen molar-refractivity contribution in [3.8, 4) is 0 Å². The number of amides is 1. The number of nitrogens with one attached hydrogen (secondary N) is 1. The van der Waals surface area contributed by atoms with Crippen LogP contribution in [-0.4, -0.2) is 37.3 Å². The van der Waals surface area contributed by atoms with Crippen molar-refractivity contribution in [1.82, 2.24) is 8.87 Å². The Labute approximate surface area is 157 Å². The monoisotopic (exact) mass is 397 g/mol. The first-order chi connectivity index (χ1) is 12.2. The molecule has 2 rings (SSSR count). The Morgan fingerprint density at radius 3 is 2.54 bits per heavy atom. The number of hydrogen-bond donors (Lipinski definition) is 1. The molecule has 1 N–H and O–H groups in total. The molecule has 0 aliphatic heterocycles. The Balaban J connectivity index is 2.34. The molecule has 1 heterocycles. The number of aryl methyl sites for hydroxylation is 1. The SMILES string of the molecule is CCCn1cc(NC(=O)c2ccc(Cl)c(S(=O)(=O)N(C)C)c2)ccc1=O. The van der Waals surface area contributed by atoms with Gasteiger partial charge in [0.1, 0.15) is 4.90 Å². The third-order valence-corrected chi connectivity index (χ3v) is 5.95. The summed E-state index contributed by atoms with van der Waals surface area (Å²) in [6.45, 7) is 2.48. The molecular weight excluding hydrogens is 378 g/mol. The Morgan fingerprint density at radius 1 is 1.23 bits per heavy atom. The lowest BCUT2D eigenvalue weighted by atomic mass is 10.2. The summed E-state index contributed by atoms with van der Waals surface area (Å²) in [4.78, 5) is 24.1. The Bertz CT molecular complexity index is 984. The molecule has 7 nitrogen and oxygen atoms in total. The molecule has 0 aliphatic carbocycles. The van der Waals surface area contributed by atoms with Crippen LogP contribution in [0.2, 0.25) is 5.02 Å². The van der Waals surface area contributed by atoms with Gasteiger partial charge in [-0.05, 0) is 30.7 Å². The first-order valence-electron chi connectivity index (χ1n) is 7.90. The van der Waals surface area contributed by atoms with E-state index in [1.807, 2.05) is 6.92 Å². The second kappa shape index (κ2) is 8.03. The summed E-state index contributed by atoms with van der Waals surface area (Å²) in [5.74, 6) is -0.501. The van der Waals surface area contributed by atoms with Crippen LogP contribution in [-0.2, 0) is 16.6 Å². The summed E-state index contributed by atoms with van der Waals surface area (Å²) in [5.41, 5.74) is 0.425. The minimum absolute atomic E-state index is 0.0340. The Morgan fingerprint density at radius 2 is 1.92 bits per heavy atom. The van der Waals surface area contributed by atoms with Crippen LogP contribution in [0, 0.1) is 0 Å². The van der Waals surface area contributed by atoms with Crippen molar-refractivity contribution in [3.63, 3.8) is 0 Å². The predicted molar refractivity (Wildman–Crippen MR) is 101 cm³/mol. The van der Waals surface area contributed by atoms with E-state index in [0.29, 0.717) is 12.2 Å². The van der Waals surface area contributed by atoms with E-state index in [-0.39, 0.29) is 21.0 Å². The highest BCUT2D eigenvalue weighted by Crippen LogP contribution is 2.25. The lowest BCUT2D eigenvalue weighted by Crippen LogP contribution is -2.23. The van der Waals surface area contributed by atoms with E-state index in [4.69, 9.17) is 11.6 Å². The van der Waals surface area contributed by atoms with Gasteiger partial charge in [0.15, 0.2) is 0 Å². The normalized spacial score (nSPS) is 11.6. The number of sulfonamides is 1. The molecule has 1 aromatic heterocycles. The highest BCUT2D eigenvalue weighted by Gasteiger charge is 2.22. The van der Waals surface area contributed by atoms with Gasteiger partial charge in [-0.1, -0.05) is 18.5 Å². The Kier molecular flexibility index (Phi) is 6.22. The summed E-state index contributed by atoms with van der Waals surface area (Å²) in [7, 11) is -1.01. The van der Waals surface area contributed by atoms with Crippen LogP contribution >= 0.6 is 11.6 Å². The zero-order valence-corrected chi connectivity index (χ0v) is 16.3. The van der Waals surface area contributed by atoms with Crippen molar-refractivity contribution in [1.29, 1.82) is 0 Å². The molecule has 2 aromatic rings. The average Bonchev–Trinajstić information content (AvgIpc) is 2.58. The molecule has 0 saturated carbocycles. The van der Waals surface area contributed by atoms with Gasteiger partial charge in [-0.25, -0.2) is 12.7 Å². The Hall–Kier alpha value is -2.16. The van der Waals surface area contributed by atoms with Gasteiger partial charge in [0, 0.05) is 38.5 Å². The van der Waals surface area contributed by atoms with Crippen molar-refractivity contribution >= 4 is 33.2 Å². The molecule has 9 heteroatoms. The maximum atomic E-state index is 12.5. The highest BCUT2D eigenvalue weighted by atomic mass is 35.5. The fourth-order valence-corrected chi connectivity index (χ4v) is 3.66. The molecule has 140 valence electrons. The van der Waals surface area contributed by atoms with Gasteiger partial charge in [0.05, 0.1) is 10.7 Å². The zero-order valence-electron chi connectivity index (χ0n) is 14.7. The minimum atomic E-state index is -3.78. The second-order valence-corrected chi connectivity index (χ2v) is 8.36. The summed E-state index contributed by atoms with van der Waals surface area (Å²) in [6.07, 6.45) is 2.33. The lowest BCUT2D eigenvalue weighted by molar-refractivity contribution is 0.102. The maximum absolute atomic E-state index is 12.5. The lowest BCUT2D eigenvalue weighted by Gasteiger charge is -2.14. The highest BCUT2D eigenvalue weighted by molar-refractivity contribution is 7.89. The van der Waals surface area contributed by atoms with Crippen molar-refractivity contribution < 1.29 is 13.2 Å². The molecule has 0 fully saturated rings. The average molecular weight is 398 g/mol. The summed E-state index contributed by atoms with van der Waals surface area (Å²) >= 11 is 5.99. The van der Waals surface area contributed by atoms with Gasteiger partial charge >= 0.3 is 0 Å². The summed E-state index contributed by atoms with van der Waals surface area (Å²) in [6, 6.07) is 6.91. The van der Waals surface area contributed by atoms with Crippen LogP contribution in [0.5, 0.6) is 0 Å². The molecule has 0 bridgehead atoms. The number of anilines is 1. The number of carbonyl (C=O) groups is 1. The van der Waals surface area contributed by atoms with Crippen LogP contribution in [0.25, 0.3) is 0 Å². The number of rotatable bonds is 6. The molecule has 0 aliphatic rings. The zero-order chi connectivity index (χ0) is 19.5. The molecule has 1 aromatic carbocycles. The number of halogens is 1. The molecule has 26 heavy (non-hydrogen) atoms. The van der Waals surface area contributed by atoms with Gasteiger partial charge < -0.3 is 9.88 Å². The minimum Gasteiger partial charge on any atom is -0.321 e. The molecule has 0 spiro atoms. The number of benzene rings is 1. The molecule has 1 amide bonds. The smallest absolute Gasteiger partial charge is 0.255 e. The molecule has 0 atom stereocenters. The molecule has 0 unspecified atom stereocenters. The standard InChI is InChI=1S/C17H20ClN3O4S/c1-4-9-21-11-13(6-8-16(21)22)19-17(23)12-5-7-14(18)15(10-12)26(24,25)20(2)3/h5-8,10-11H,4,9H2,1-3H3,(H,19,23). The maximum Gasteiger partial charge on any atom is 0.255 e. The number of carbonyl (C=O) groups excluding carboxylic acids is 1. The van der Waals surface area contributed by atoms with Crippen LogP contribution < -0.4 is 10.9 Å². The quantitative estimate of drug-likeness (QED) is 0.810. The van der Waals surface area contributed by atoms with Gasteiger partial charge in [0.25, 0.3) is 11.5 Å². The van der Waals surface area contributed by atoms with Crippen LogP contribution in [0.15, 0.2) is 46.2 Å². The van der Waals surface area contributed by atoms with Crippen molar-refractivity contribution in [2.45, 2.75) is 24.8 Å². The van der Waals surface area contributed by atoms with Crippen molar-refractivity contribution in [2.75, 3.05) is 19.4 Å². The van der Waals surface area contributed by atoms with E-state index >= 15 is 0 Å². The van der Waals surface area contributed by atoms with Gasteiger partial charge in [0.2, 0.25) is 10.0 Å². The topological polar surface area (TPSA) is 88.5 Å². The van der Waals surface area contributed by atoms with E-state index in [9.17, 15) is 18.0 Å². The first kappa shape index (κ1) is 20.2. The predicted octanol–water partition coefficient (Wildman–Crippen LogP) is 2.41. The first-order valence-corrected chi connectivity index (χ1v) is 9.72. The number of aromatic nitrogens is 1. The third-order valence-electron chi connectivity index (χ3n) is 3.66. The van der Waals surface area contributed by atoms with E-state index in [0.717, 1.165) is 10.7 Å². The number of nitrogens with zero attached hydrogens (tertiary/aromatic N) is 2. The van der Waals surface area contributed by atoms with Crippen molar-refractivity contribution in [2.24, 2.45) is 0 Å². The van der Waals surface area contributed by atoms with E-state index in [1.165, 1.54) is 49.0 Å². The molecule has 0 saturated heterocycles. The second-order valence-electron chi connectivity index (χ2n) is 5.84. The van der Waals surface area contributed by atoms with Crippen LogP contribution in [0.3, 0.4) is 0 Å². The number of pyridine rings is 1. The van der Waals surface area contributed by atoms with E-state index in [1.54, 1.807) is 6.20 Å². The van der Waals surface area contributed by atoms with Gasteiger partial charge in [-0.15, -0.1) is 0 Å². The summed E-state index contributed by atoms with van der Waals surface area (Å²) in [5, 5.41) is 2.70.